The standard InChI is InChI=1S/C12H19BrN2O/c1-12(2,16)8-15(3)11-5-9(7-14)4-10(13)6-11/h4-6,16H,7-8,14H2,1-3H3. The number of likely N-dealkylation sites (N-methyl/N-ethyl adjacent to an activating group) is 1. The summed E-state index contributed by atoms with van der Waals surface area (Å²) in [5, 5.41) is 9.77. The lowest BCUT2D eigenvalue weighted by atomic mass is 10.1. The van der Waals surface area contributed by atoms with Gasteiger partial charge < -0.3 is 15.7 Å². The van der Waals surface area contributed by atoms with Gasteiger partial charge in [-0.2, -0.15) is 0 Å². The van der Waals surface area contributed by atoms with Gasteiger partial charge in [0.2, 0.25) is 0 Å². The third-order valence-corrected chi connectivity index (χ3v) is 2.70. The second-order valence-electron chi connectivity index (χ2n) is 4.69. The Hall–Kier alpha value is -0.580. The average Bonchev–Trinajstić information content (AvgIpc) is 2.14. The molecular formula is C12H19BrN2O. The van der Waals surface area contributed by atoms with Crippen LogP contribution in [0.3, 0.4) is 0 Å². The molecule has 0 heterocycles. The zero-order valence-corrected chi connectivity index (χ0v) is 11.6. The molecule has 0 aromatic heterocycles. The van der Waals surface area contributed by atoms with Crippen LogP contribution in [-0.2, 0) is 6.54 Å². The molecule has 90 valence electrons. The Morgan fingerprint density at radius 2 is 2.00 bits per heavy atom. The van der Waals surface area contributed by atoms with E-state index in [1.165, 1.54) is 0 Å². The zero-order valence-electron chi connectivity index (χ0n) is 10.00. The molecular weight excluding hydrogens is 268 g/mol. The first kappa shape index (κ1) is 13.5. The fraction of sp³-hybridized carbons (Fsp3) is 0.500. The molecule has 0 saturated heterocycles. The molecule has 4 heteroatoms. The summed E-state index contributed by atoms with van der Waals surface area (Å²) < 4.78 is 1.01. The van der Waals surface area contributed by atoms with Crippen LogP contribution in [0.2, 0.25) is 0 Å². The third-order valence-electron chi connectivity index (χ3n) is 2.24. The number of nitrogens with two attached hydrogens (primary N) is 1. The van der Waals surface area contributed by atoms with Crippen molar-refractivity contribution in [2.75, 3.05) is 18.5 Å². The Morgan fingerprint density at radius 1 is 1.38 bits per heavy atom. The number of nitrogens with zero attached hydrogens (tertiary/aromatic N) is 1. The van der Waals surface area contributed by atoms with Crippen molar-refractivity contribution < 1.29 is 5.11 Å². The Balaban J connectivity index is 2.90. The Bertz CT molecular complexity index is 361. The fourth-order valence-electron chi connectivity index (χ4n) is 1.64. The van der Waals surface area contributed by atoms with Crippen LogP contribution in [-0.4, -0.2) is 24.3 Å². The van der Waals surface area contributed by atoms with Crippen molar-refractivity contribution >= 4 is 21.6 Å². The lowest BCUT2D eigenvalue weighted by Gasteiger charge is -2.27. The van der Waals surface area contributed by atoms with Crippen molar-refractivity contribution in [3.8, 4) is 0 Å². The van der Waals surface area contributed by atoms with Crippen molar-refractivity contribution in [2.45, 2.75) is 26.0 Å². The van der Waals surface area contributed by atoms with Gasteiger partial charge in [-0.3, -0.25) is 0 Å². The van der Waals surface area contributed by atoms with E-state index in [-0.39, 0.29) is 0 Å². The first-order valence-corrected chi connectivity index (χ1v) is 6.04. The molecule has 0 amide bonds. The molecule has 0 bridgehead atoms. The van der Waals surface area contributed by atoms with E-state index in [9.17, 15) is 5.11 Å². The van der Waals surface area contributed by atoms with E-state index in [4.69, 9.17) is 5.73 Å². The van der Waals surface area contributed by atoms with Gasteiger partial charge in [-0.05, 0) is 37.6 Å². The zero-order chi connectivity index (χ0) is 12.3. The summed E-state index contributed by atoms with van der Waals surface area (Å²) in [7, 11) is 1.96. The van der Waals surface area contributed by atoms with Gasteiger partial charge in [0.15, 0.2) is 0 Å². The van der Waals surface area contributed by atoms with Crippen LogP contribution >= 0.6 is 15.9 Å². The highest BCUT2D eigenvalue weighted by molar-refractivity contribution is 9.10. The highest BCUT2D eigenvalue weighted by atomic mass is 79.9. The molecule has 0 aliphatic rings. The summed E-state index contributed by atoms with van der Waals surface area (Å²) in [5.41, 5.74) is 7.05. The van der Waals surface area contributed by atoms with Gasteiger partial charge in [0.25, 0.3) is 0 Å². The van der Waals surface area contributed by atoms with E-state index >= 15 is 0 Å². The number of benzene rings is 1. The Kier molecular flexibility index (Phi) is 4.35. The molecule has 0 aliphatic carbocycles. The fourth-order valence-corrected chi connectivity index (χ4v) is 2.17. The quantitative estimate of drug-likeness (QED) is 0.891. The van der Waals surface area contributed by atoms with Crippen molar-refractivity contribution in [1.29, 1.82) is 0 Å². The maximum atomic E-state index is 9.77. The summed E-state index contributed by atoms with van der Waals surface area (Å²) in [6, 6.07) is 6.06. The highest BCUT2D eigenvalue weighted by Gasteiger charge is 2.16. The van der Waals surface area contributed by atoms with E-state index in [1.807, 2.05) is 30.1 Å². The number of halogens is 1. The van der Waals surface area contributed by atoms with Crippen LogP contribution in [0.25, 0.3) is 0 Å². The van der Waals surface area contributed by atoms with Crippen molar-refractivity contribution in [2.24, 2.45) is 5.73 Å². The average molecular weight is 287 g/mol. The van der Waals surface area contributed by atoms with Gasteiger partial charge in [-0.1, -0.05) is 15.9 Å². The molecule has 1 aromatic rings. The van der Waals surface area contributed by atoms with E-state index < -0.39 is 5.60 Å². The second kappa shape index (κ2) is 5.17. The van der Waals surface area contributed by atoms with Crippen LogP contribution in [0.1, 0.15) is 19.4 Å². The number of hydrogen-bond acceptors (Lipinski definition) is 3. The van der Waals surface area contributed by atoms with E-state index in [1.54, 1.807) is 13.8 Å². The Labute approximate surface area is 105 Å². The molecule has 0 aliphatic heterocycles. The summed E-state index contributed by atoms with van der Waals surface area (Å²) >= 11 is 3.46. The summed E-state index contributed by atoms with van der Waals surface area (Å²) in [5.74, 6) is 0. The van der Waals surface area contributed by atoms with E-state index in [0.717, 1.165) is 15.7 Å². The maximum absolute atomic E-state index is 9.77. The minimum atomic E-state index is -0.708. The minimum Gasteiger partial charge on any atom is -0.389 e. The van der Waals surface area contributed by atoms with Gasteiger partial charge in [-0.25, -0.2) is 0 Å². The van der Waals surface area contributed by atoms with Gasteiger partial charge in [0, 0.05) is 30.3 Å². The molecule has 0 atom stereocenters. The first-order chi connectivity index (χ1) is 7.31. The summed E-state index contributed by atoms with van der Waals surface area (Å²) in [6.07, 6.45) is 0. The van der Waals surface area contributed by atoms with Gasteiger partial charge in [0.05, 0.1) is 5.60 Å². The SMILES string of the molecule is CN(CC(C)(C)O)c1cc(Br)cc(CN)c1. The normalized spacial score (nSPS) is 11.6. The molecule has 3 N–H and O–H groups in total. The smallest absolute Gasteiger partial charge is 0.0765 e. The summed E-state index contributed by atoms with van der Waals surface area (Å²) in [6.45, 7) is 4.69. The molecule has 0 fully saturated rings. The largest absolute Gasteiger partial charge is 0.389 e. The second-order valence-corrected chi connectivity index (χ2v) is 5.61. The Morgan fingerprint density at radius 3 is 2.50 bits per heavy atom. The van der Waals surface area contributed by atoms with Crippen molar-refractivity contribution in [1.82, 2.24) is 0 Å². The van der Waals surface area contributed by atoms with E-state index in [0.29, 0.717) is 13.1 Å². The van der Waals surface area contributed by atoms with Gasteiger partial charge in [-0.15, -0.1) is 0 Å². The molecule has 1 aromatic carbocycles. The predicted octanol–water partition coefficient (Wildman–Crippen LogP) is 2.11. The molecule has 1 rings (SSSR count). The molecule has 0 spiro atoms. The lowest BCUT2D eigenvalue weighted by Crippen LogP contribution is -2.36. The highest BCUT2D eigenvalue weighted by Crippen LogP contribution is 2.23. The molecule has 0 saturated carbocycles. The minimum absolute atomic E-state index is 0.517. The van der Waals surface area contributed by atoms with Crippen molar-refractivity contribution in [3.63, 3.8) is 0 Å². The molecule has 0 unspecified atom stereocenters. The maximum Gasteiger partial charge on any atom is 0.0765 e. The van der Waals surface area contributed by atoms with Gasteiger partial charge in [0.1, 0.15) is 0 Å². The van der Waals surface area contributed by atoms with Gasteiger partial charge >= 0.3 is 0 Å². The monoisotopic (exact) mass is 286 g/mol. The van der Waals surface area contributed by atoms with Crippen molar-refractivity contribution in [3.05, 3.63) is 28.2 Å². The summed E-state index contributed by atoms with van der Waals surface area (Å²) in [4.78, 5) is 2.02. The third kappa shape index (κ3) is 4.12. The number of anilines is 1. The first-order valence-electron chi connectivity index (χ1n) is 5.25. The topological polar surface area (TPSA) is 49.5 Å². The molecule has 16 heavy (non-hydrogen) atoms. The number of aliphatic hydroxyl groups is 1. The van der Waals surface area contributed by atoms with E-state index in [2.05, 4.69) is 15.9 Å². The number of hydrogen-bond donors (Lipinski definition) is 2. The van der Waals surface area contributed by atoms with Crippen LogP contribution < -0.4 is 10.6 Å². The number of rotatable bonds is 4. The molecule has 3 nitrogen and oxygen atoms in total. The van der Waals surface area contributed by atoms with Crippen LogP contribution in [0, 0.1) is 0 Å². The van der Waals surface area contributed by atoms with Crippen LogP contribution in [0.4, 0.5) is 5.69 Å². The molecule has 0 radical (unpaired) electrons. The predicted molar refractivity (Wildman–Crippen MR) is 71.6 cm³/mol. The van der Waals surface area contributed by atoms with Crippen LogP contribution in [0.5, 0.6) is 0 Å². The lowest BCUT2D eigenvalue weighted by molar-refractivity contribution is 0.0886. The van der Waals surface area contributed by atoms with Crippen LogP contribution in [0.15, 0.2) is 22.7 Å².